The Morgan fingerprint density at radius 1 is 1.31 bits per heavy atom. The van der Waals surface area contributed by atoms with E-state index in [1.807, 2.05) is 23.1 Å². The normalized spacial score (nSPS) is 10.9. The Balaban J connectivity index is 2.49. The van der Waals surface area contributed by atoms with Crippen molar-refractivity contribution >= 4 is 33.2 Å². The lowest BCUT2D eigenvalue weighted by Gasteiger charge is -1.89. The van der Waals surface area contributed by atoms with Crippen molar-refractivity contribution in [2.45, 2.75) is 18.1 Å². The number of aryl methyl sites for hydroxylation is 1. The minimum absolute atomic E-state index is 1.16. The predicted molar refractivity (Wildman–Crippen MR) is 63.0 cm³/mol. The van der Waals surface area contributed by atoms with Crippen molar-refractivity contribution in [2.75, 3.05) is 5.75 Å². The molecule has 0 nitrogen and oxygen atoms in total. The fourth-order valence-electron chi connectivity index (χ4n) is 1.35. The van der Waals surface area contributed by atoms with E-state index in [9.17, 15) is 0 Å². The number of benzene rings is 1. The van der Waals surface area contributed by atoms with E-state index in [1.54, 1.807) is 0 Å². The van der Waals surface area contributed by atoms with Crippen LogP contribution in [0.2, 0.25) is 0 Å². The Labute approximate surface area is 87.0 Å². The van der Waals surface area contributed by atoms with E-state index < -0.39 is 0 Å². The molecule has 0 saturated carbocycles. The fourth-order valence-corrected chi connectivity index (χ4v) is 3.48. The van der Waals surface area contributed by atoms with Crippen molar-refractivity contribution in [3.05, 3.63) is 29.8 Å². The standard InChI is InChI=1S/C11H12S2/c1-3-12-11-7-9-6-8(2)4-5-10(9)13-11/h4-7H,3H2,1-2H3. The minimum Gasteiger partial charge on any atom is -0.129 e. The lowest BCUT2D eigenvalue weighted by molar-refractivity contribution is 1.51. The predicted octanol–water partition coefficient (Wildman–Crippen LogP) is 4.32. The summed E-state index contributed by atoms with van der Waals surface area (Å²) in [5.74, 6) is 1.16. The van der Waals surface area contributed by atoms with Gasteiger partial charge in [-0.1, -0.05) is 24.6 Å². The van der Waals surface area contributed by atoms with Gasteiger partial charge in [-0.25, -0.2) is 0 Å². The second-order valence-electron chi connectivity index (χ2n) is 3.04. The van der Waals surface area contributed by atoms with E-state index in [1.165, 1.54) is 19.9 Å². The summed E-state index contributed by atoms with van der Waals surface area (Å²) in [6.45, 7) is 4.34. The molecule has 0 atom stereocenters. The molecule has 0 N–H and O–H groups in total. The number of hydrogen-bond acceptors (Lipinski definition) is 2. The molecule has 2 heteroatoms. The van der Waals surface area contributed by atoms with Gasteiger partial charge in [-0.05, 0) is 30.2 Å². The molecule has 0 spiro atoms. The molecule has 1 aromatic carbocycles. The number of thioether (sulfide) groups is 1. The van der Waals surface area contributed by atoms with Gasteiger partial charge in [0.05, 0.1) is 4.21 Å². The van der Waals surface area contributed by atoms with E-state index in [2.05, 4.69) is 38.1 Å². The second kappa shape index (κ2) is 3.72. The van der Waals surface area contributed by atoms with Crippen LogP contribution in [0.1, 0.15) is 12.5 Å². The molecule has 68 valence electrons. The molecule has 0 aliphatic heterocycles. The molecule has 0 saturated heterocycles. The van der Waals surface area contributed by atoms with E-state index in [4.69, 9.17) is 0 Å². The first kappa shape index (κ1) is 9.10. The molecule has 13 heavy (non-hydrogen) atoms. The van der Waals surface area contributed by atoms with Crippen LogP contribution in [-0.2, 0) is 0 Å². The number of thiophene rings is 1. The maximum atomic E-state index is 2.29. The Morgan fingerprint density at radius 3 is 2.92 bits per heavy atom. The van der Waals surface area contributed by atoms with Crippen LogP contribution in [0, 0.1) is 6.92 Å². The Bertz CT molecular complexity index is 415. The van der Waals surface area contributed by atoms with Crippen LogP contribution in [0.5, 0.6) is 0 Å². The van der Waals surface area contributed by atoms with Crippen LogP contribution in [0.15, 0.2) is 28.5 Å². The highest BCUT2D eigenvalue weighted by molar-refractivity contribution is 8.01. The summed E-state index contributed by atoms with van der Waals surface area (Å²) < 4.78 is 2.84. The molecular weight excluding hydrogens is 196 g/mol. The van der Waals surface area contributed by atoms with Crippen LogP contribution in [0.25, 0.3) is 10.1 Å². The van der Waals surface area contributed by atoms with Crippen molar-refractivity contribution in [3.63, 3.8) is 0 Å². The third-order valence-electron chi connectivity index (χ3n) is 1.94. The molecular formula is C11H12S2. The zero-order chi connectivity index (χ0) is 9.26. The first-order chi connectivity index (χ1) is 6.29. The van der Waals surface area contributed by atoms with Crippen molar-refractivity contribution in [2.24, 2.45) is 0 Å². The van der Waals surface area contributed by atoms with Crippen molar-refractivity contribution < 1.29 is 0 Å². The lowest BCUT2D eigenvalue weighted by atomic mass is 10.2. The third kappa shape index (κ3) is 1.89. The molecule has 0 unspecified atom stereocenters. The highest BCUT2D eigenvalue weighted by atomic mass is 32.2. The van der Waals surface area contributed by atoms with Crippen LogP contribution in [0.4, 0.5) is 0 Å². The topological polar surface area (TPSA) is 0 Å². The SMILES string of the molecule is CCSc1cc2cc(C)ccc2s1. The fraction of sp³-hybridized carbons (Fsp3) is 0.273. The molecule has 0 fully saturated rings. The van der Waals surface area contributed by atoms with Crippen molar-refractivity contribution in [1.82, 2.24) is 0 Å². The molecule has 0 radical (unpaired) electrons. The second-order valence-corrected chi connectivity index (χ2v) is 5.69. The summed E-state index contributed by atoms with van der Waals surface area (Å²) in [7, 11) is 0. The van der Waals surface area contributed by atoms with Gasteiger partial charge < -0.3 is 0 Å². The quantitative estimate of drug-likeness (QED) is 0.662. The molecule has 0 amide bonds. The lowest BCUT2D eigenvalue weighted by Crippen LogP contribution is -1.67. The maximum absolute atomic E-state index is 2.29. The van der Waals surface area contributed by atoms with E-state index in [0.717, 1.165) is 5.75 Å². The van der Waals surface area contributed by atoms with Gasteiger partial charge in [0.2, 0.25) is 0 Å². The number of hydrogen-bond donors (Lipinski definition) is 0. The summed E-state index contributed by atoms with van der Waals surface area (Å²) in [6, 6.07) is 8.95. The molecule has 1 heterocycles. The van der Waals surface area contributed by atoms with Gasteiger partial charge in [-0.2, -0.15) is 0 Å². The molecule has 0 bridgehead atoms. The first-order valence-electron chi connectivity index (χ1n) is 4.42. The summed E-state index contributed by atoms with van der Waals surface area (Å²) >= 11 is 3.82. The van der Waals surface area contributed by atoms with Crippen molar-refractivity contribution in [1.29, 1.82) is 0 Å². The number of rotatable bonds is 2. The molecule has 0 aliphatic carbocycles. The average molecular weight is 208 g/mol. The zero-order valence-electron chi connectivity index (χ0n) is 7.83. The molecule has 2 aromatic rings. The monoisotopic (exact) mass is 208 g/mol. The highest BCUT2D eigenvalue weighted by Gasteiger charge is 2.00. The van der Waals surface area contributed by atoms with Gasteiger partial charge >= 0.3 is 0 Å². The van der Waals surface area contributed by atoms with Crippen LogP contribution in [-0.4, -0.2) is 5.75 Å². The van der Waals surface area contributed by atoms with Gasteiger partial charge in [0.25, 0.3) is 0 Å². The molecule has 0 aliphatic rings. The summed E-state index contributed by atoms with van der Waals surface area (Å²) in [4.78, 5) is 0. The average Bonchev–Trinajstić information content (AvgIpc) is 2.46. The highest BCUT2D eigenvalue weighted by Crippen LogP contribution is 2.32. The van der Waals surface area contributed by atoms with E-state index >= 15 is 0 Å². The molecule has 1 aromatic heterocycles. The third-order valence-corrected chi connectivity index (χ3v) is 4.14. The van der Waals surface area contributed by atoms with E-state index in [0.29, 0.717) is 0 Å². The Kier molecular flexibility index (Phi) is 2.61. The van der Waals surface area contributed by atoms with Gasteiger partial charge in [-0.3, -0.25) is 0 Å². The summed E-state index contributed by atoms with van der Waals surface area (Å²) in [6.07, 6.45) is 0. The molecule has 2 rings (SSSR count). The van der Waals surface area contributed by atoms with Gasteiger partial charge in [0.15, 0.2) is 0 Å². The minimum atomic E-state index is 1.16. The maximum Gasteiger partial charge on any atom is 0.0611 e. The zero-order valence-corrected chi connectivity index (χ0v) is 9.47. The van der Waals surface area contributed by atoms with Crippen LogP contribution in [0.3, 0.4) is 0 Å². The largest absolute Gasteiger partial charge is 0.129 e. The summed E-state index contributed by atoms with van der Waals surface area (Å²) in [5, 5.41) is 1.39. The Morgan fingerprint density at radius 2 is 2.15 bits per heavy atom. The van der Waals surface area contributed by atoms with Gasteiger partial charge in [0, 0.05) is 4.70 Å². The van der Waals surface area contributed by atoms with E-state index in [-0.39, 0.29) is 0 Å². The van der Waals surface area contributed by atoms with Crippen LogP contribution >= 0.6 is 23.1 Å². The number of fused-ring (bicyclic) bond motifs is 1. The van der Waals surface area contributed by atoms with Crippen molar-refractivity contribution in [3.8, 4) is 0 Å². The first-order valence-corrected chi connectivity index (χ1v) is 6.23. The van der Waals surface area contributed by atoms with Crippen LogP contribution < -0.4 is 0 Å². The summed E-state index contributed by atoms with van der Waals surface area (Å²) in [5.41, 5.74) is 1.35. The Hall–Kier alpha value is -0.470. The van der Waals surface area contributed by atoms with Gasteiger partial charge in [-0.15, -0.1) is 23.1 Å². The smallest absolute Gasteiger partial charge is 0.0611 e. The van der Waals surface area contributed by atoms with Gasteiger partial charge in [0.1, 0.15) is 0 Å².